The van der Waals surface area contributed by atoms with Crippen LogP contribution in [0.15, 0.2) is 102 Å². The van der Waals surface area contributed by atoms with Crippen molar-refractivity contribution in [1.82, 2.24) is 5.32 Å². The van der Waals surface area contributed by atoms with Gasteiger partial charge < -0.3 is 34.1 Å². The fourth-order valence-electron chi connectivity index (χ4n) is 5.39. The molecule has 0 radical (unpaired) electrons. The van der Waals surface area contributed by atoms with E-state index in [2.05, 4.69) is 5.32 Å². The molecule has 1 aliphatic heterocycles. The molecule has 234 valence electrons. The Morgan fingerprint density at radius 1 is 0.867 bits per heavy atom. The summed E-state index contributed by atoms with van der Waals surface area (Å²) in [6, 6.07) is 30.4. The van der Waals surface area contributed by atoms with Gasteiger partial charge in [0.2, 0.25) is 5.90 Å². The van der Waals surface area contributed by atoms with Gasteiger partial charge in [-0.05, 0) is 35.4 Å². The molecule has 0 bridgehead atoms. The zero-order chi connectivity index (χ0) is 31.6. The number of carbonyl (C=O) groups is 1. The second kappa shape index (κ2) is 14.6. The third-order valence-corrected chi connectivity index (χ3v) is 7.69. The minimum Gasteiger partial charge on any atom is -0.496 e. The number of aliphatic imine (C=N–C) groups is 1. The average molecular weight is 611 g/mol. The van der Waals surface area contributed by atoms with Crippen LogP contribution in [-0.2, 0) is 22.5 Å². The van der Waals surface area contributed by atoms with E-state index in [9.17, 15) is 4.79 Å². The predicted molar refractivity (Wildman–Crippen MR) is 171 cm³/mol. The summed E-state index contributed by atoms with van der Waals surface area (Å²) in [5, 5.41) is 12.2. The lowest BCUT2D eigenvalue weighted by molar-refractivity contribution is -0.129. The number of amides is 1. The highest BCUT2D eigenvalue weighted by atomic mass is 16.5. The van der Waals surface area contributed by atoms with Crippen LogP contribution in [0, 0.1) is 0 Å². The molecule has 0 unspecified atom stereocenters. The van der Waals surface area contributed by atoms with Crippen molar-refractivity contribution in [2.24, 2.45) is 4.99 Å². The van der Waals surface area contributed by atoms with Gasteiger partial charge in [0.05, 0.1) is 40.0 Å². The maximum Gasteiger partial charge on any atom is 0.252 e. The third-order valence-electron chi connectivity index (χ3n) is 7.69. The summed E-state index contributed by atoms with van der Waals surface area (Å²) >= 11 is 0. The molecule has 5 rings (SSSR count). The molecule has 4 aromatic rings. The fourth-order valence-corrected chi connectivity index (χ4v) is 5.39. The standard InChI is InChI=1S/C36H38N2O7/c1-41-29-21-31(42-2)30(32(22-29)43-3)24-37-35(40)36(23-25-11-6-4-7-12-25)33(26-13-8-5-9-14-26)45-34(38-36)27-15-17-28(18-16-27)44-20-10-19-39/h4-9,11-18,21-22,33,39H,10,19-20,23-24H2,1-3H3,(H,37,40)/t33-,36-/m1/s1. The number of hydrogen-bond acceptors (Lipinski definition) is 8. The molecule has 1 heterocycles. The number of aliphatic hydroxyl groups is 1. The zero-order valence-corrected chi connectivity index (χ0v) is 25.7. The number of nitrogens with zero attached hydrogens (tertiary/aromatic N) is 1. The Balaban J connectivity index is 1.55. The van der Waals surface area contributed by atoms with Gasteiger partial charge in [-0.1, -0.05) is 60.7 Å². The Morgan fingerprint density at radius 3 is 2.11 bits per heavy atom. The second-order valence-corrected chi connectivity index (χ2v) is 10.6. The smallest absolute Gasteiger partial charge is 0.252 e. The summed E-state index contributed by atoms with van der Waals surface area (Å²) in [5.41, 5.74) is 1.80. The van der Waals surface area contributed by atoms with Crippen molar-refractivity contribution in [3.63, 3.8) is 0 Å². The second-order valence-electron chi connectivity index (χ2n) is 10.6. The summed E-state index contributed by atoms with van der Waals surface area (Å²) in [6.45, 7) is 0.596. The van der Waals surface area contributed by atoms with Crippen molar-refractivity contribution in [2.45, 2.75) is 31.0 Å². The summed E-state index contributed by atoms with van der Waals surface area (Å²) in [6.07, 6.45) is 0.123. The van der Waals surface area contributed by atoms with E-state index >= 15 is 0 Å². The van der Waals surface area contributed by atoms with Gasteiger partial charge in [0.15, 0.2) is 11.6 Å². The summed E-state index contributed by atoms with van der Waals surface area (Å²) in [4.78, 5) is 19.7. The van der Waals surface area contributed by atoms with Gasteiger partial charge >= 0.3 is 0 Å². The molecule has 2 N–H and O–H groups in total. The number of benzene rings is 4. The van der Waals surface area contributed by atoms with Crippen LogP contribution < -0.4 is 24.3 Å². The molecule has 0 aromatic heterocycles. The molecule has 9 heteroatoms. The van der Waals surface area contributed by atoms with Crippen LogP contribution >= 0.6 is 0 Å². The third kappa shape index (κ3) is 7.05. The van der Waals surface area contributed by atoms with Crippen LogP contribution in [0.1, 0.15) is 34.8 Å². The van der Waals surface area contributed by atoms with Crippen LogP contribution in [0.3, 0.4) is 0 Å². The van der Waals surface area contributed by atoms with E-state index in [4.69, 9.17) is 33.8 Å². The van der Waals surface area contributed by atoms with Gasteiger partial charge in [-0.15, -0.1) is 0 Å². The minimum atomic E-state index is -1.35. The van der Waals surface area contributed by atoms with Crippen LogP contribution in [0.5, 0.6) is 23.0 Å². The molecule has 4 aromatic carbocycles. The maximum atomic E-state index is 14.6. The minimum absolute atomic E-state index is 0.0627. The van der Waals surface area contributed by atoms with Crippen molar-refractivity contribution < 1.29 is 33.6 Å². The SMILES string of the molecule is COc1cc(OC)c(CNC(=O)[C@]2(Cc3ccccc3)N=C(c3ccc(OCCCO)cc3)O[C@@H]2c2ccccc2)c(OC)c1. The molecule has 0 saturated heterocycles. The summed E-state index contributed by atoms with van der Waals surface area (Å²) in [7, 11) is 4.69. The highest BCUT2D eigenvalue weighted by Crippen LogP contribution is 2.43. The van der Waals surface area contributed by atoms with E-state index in [1.807, 2.05) is 84.9 Å². The van der Waals surface area contributed by atoms with Crippen LogP contribution in [-0.4, -0.2) is 57.0 Å². The number of methoxy groups -OCH3 is 3. The van der Waals surface area contributed by atoms with E-state index in [0.717, 1.165) is 11.1 Å². The topological polar surface area (TPSA) is 108 Å². The Kier molecular flexibility index (Phi) is 10.2. The molecule has 2 atom stereocenters. The molecule has 1 aliphatic rings. The molecule has 0 fully saturated rings. The number of nitrogens with one attached hydrogen (secondary N) is 1. The van der Waals surface area contributed by atoms with Gasteiger partial charge in [0.25, 0.3) is 5.91 Å². The van der Waals surface area contributed by atoms with Crippen LogP contribution in [0.25, 0.3) is 0 Å². The molecule has 9 nitrogen and oxygen atoms in total. The largest absolute Gasteiger partial charge is 0.496 e. The fraction of sp³-hybridized carbons (Fsp3) is 0.278. The predicted octanol–water partition coefficient (Wildman–Crippen LogP) is 5.29. The normalized spacial score (nSPS) is 17.2. The van der Waals surface area contributed by atoms with Crippen molar-refractivity contribution >= 4 is 11.8 Å². The van der Waals surface area contributed by atoms with Gasteiger partial charge in [-0.3, -0.25) is 4.79 Å². The first kappa shape index (κ1) is 31.4. The van der Waals surface area contributed by atoms with Crippen molar-refractivity contribution in [3.05, 3.63) is 119 Å². The van der Waals surface area contributed by atoms with Crippen LogP contribution in [0.2, 0.25) is 0 Å². The van der Waals surface area contributed by atoms with E-state index in [0.29, 0.717) is 59.5 Å². The van der Waals surface area contributed by atoms with Crippen molar-refractivity contribution in [2.75, 3.05) is 34.5 Å². The van der Waals surface area contributed by atoms with Crippen LogP contribution in [0.4, 0.5) is 0 Å². The molecular formula is C36H38N2O7. The monoisotopic (exact) mass is 610 g/mol. The first-order valence-electron chi connectivity index (χ1n) is 14.8. The Hall–Kier alpha value is -5.02. The quantitative estimate of drug-likeness (QED) is 0.187. The highest BCUT2D eigenvalue weighted by molar-refractivity contribution is 6.01. The first-order valence-corrected chi connectivity index (χ1v) is 14.8. The number of rotatable bonds is 14. The first-order chi connectivity index (χ1) is 22.0. The van der Waals surface area contributed by atoms with Gasteiger partial charge in [0, 0.05) is 37.1 Å². The number of carbonyl (C=O) groups excluding carboxylic acids is 1. The van der Waals surface area contributed by atoms with Gasteiger partial charge in [-0.25, -0.2) is 4.99 Å². The Bertz CT molecular complexity index is 1570. The molecule has 45 heavy (non-hydrogen) atoms. The summed E-state index contributed by atoms with van der Waals surface area (Å²) < 4.78 is 29.0. The molecule has 0 saturated carbocycles. The van der Waals surface area contributed by atoms with Crippen molar-refractivity contribution in [1.29, 1.82) is 0 Å². The van der Waals surface area contributed by atoms with Gasteiger partial charge in [-0.2, -0.15) is 0 Å². The Labute approximate surface area is 263 Å². The van der Waals surface area contributed by atoms with E-state index in [-0.39, 0.29) is 19.1 Å². The molecule has 0 spiro atoms. The van der Waals surface area contributed by atoms with Gasteiger partial charge in [0.1, 0.15) is 23.0 Å². The number of hydrogen-bond donors (Lipinski definition) is 2. The molecule has 0 aliphatic carbocycles. The van der Waals surface area contributed by atoms with E-state index in [1.165, 1.54) is 0 Å². The average Bonchev–Trinajstić information content (AvgIpc) is 3.48. The van der Waals surface area contributed by atoms with E-state index in [1.54, 1.807) is 33.5 Å². The summed E-state index contributed by atoms with van der Waals surface area (Å²) in [5.74, 6) is 2.34. The molecule has 1 amide bonds. The van der Waals surface area contributed by atoms with E-state index < -0.39 is 11.6 Å². The maximum absolute atomic E-state index is 14.6. The highest BCUT2D eigenvalue weighted by Gasteiger charge is 2.53. The lowest BCUT2D eigenvalue weighted by atomic mass is 9.82. The molecular weight excluding hydrogens is 572 g/mol. The zero-order valence-electron chi connectivity index (χ0n) is 25.7. The number of ether oxygens (including phenoxy) is 5. The lowest BCUT2D eigenvalue weighted by Gasteiger charge is -2.31. The lowest BCUT2D eigenvalue weighted by Crippen LogP contribution is -2.49. The van der Waals surface area contributed by atoms with Crippen molar-refractivity contribution in [3.8, 4) is 23.0 Å². The number of aliphatic hydroxyl groups excluding tert-OH is 1. The Morgan fingerprint density at radius 2 is 1.51 bits per heavy atom.